The molecular formula is C12H14BN2O. The number of anilines is 1. The minimum atomic E-state index is -0.304. The number of amides is 1. The van der Waals surface area contributed by atoms with Gasteiger partial charge in [-0.2, -0.15) is 0 Å². The van der Waals surface area contributed by atoms with Crippen LogP contribution < -0.4 is 10.8 Å². The summed E-state index contributed by atoms with van der Waals surface area (Å²) in [6, 6.07) is 2.02. The van der Waals surface area contributed by atoms with Crippen LogP contribution in [0.25, 0.3) is 0 Å². The highest BCUT2D eigenvalue weighted by atomic mass is 16.2. The Hall–Kier alpha value is -1.32. The molecule has 1 aliphatic heterocycles. The van der Waals surface area contributed by atoms with Gasteiger partial charge in [0.25, 0.3) is 0 Å². The second kappa shape index (κ2) is 3.34. The zero-order valence-corrected chi connectivity index (χ0v) is 9.42. The van der Waals surface area contributed by atoms with Crippen molar-refractivity contribution in [3.8, 4) is 0 Å². The summed E-state index contributed by atoms with van der Waals surface area (Å²) in [4.78, 5) is 16.6. The Bertz CT molecular complexity index is 452. The van der Waals surface area contributed by atoms with Crippen LogP contribution >= 0.6 is 0 Å². The zero-order valence-electron chi connectivity index (χ0n) is 9.42. The molecule has 0 saturated heterocycles. The summed E-state index contributed by atoms with van der Waals surface area (Å²) in [7, 11) is 2.00. The van der Waals surface area contributed by atoms with E-state index in [1.807, 2.05) is 26.4 Å². The maximum atomic E-state index is 12.1. The van der Waals surface area contributed by atoms with Crippen LogP contribution in [-0.4, -0.2) is 18.2 Å². The van der Waals surface area contributed by atoms with Crippen molar-refractivity contribution < 1.29 is 4.79 Å². The molecule has 1 fully saturated rings. The van der Waals surface area contributed by atoms with Crippen LogP contribution in [0.3, 0.4) is 0 Å². The first kappa shape index (κ1) is 9.88. The lowest BCUT2D eigenvalue weighted by Gasteiger charge is -2.19. The van der Waals surface area contributed by atoms with Gasteiger partial charge in [0.15, 0.2) is 0 Å². The molecule has 1 amide bonds. The Balaban J connectivity index is 2.11. The number of nitrogens with one attached hydrogen (secondary N) is 1. The van der Waals surface area contributed by atoms with Gasteiger partial charge in [-0.05, 0) is 18.9 Å². The van der Waals surface area contributed by atoms with Crippen LogP contribution in [0.2, 0.25) is 6.82 Å². The average molecular weight is 213 g/mol. The second-order valence-corrected chi connectivity index (χ2v) is 4.70. The molecule has 1 saturated carbocycles. The van der Waals surface area contributed by atoms with E-state index in [0.29, 0.717) is 0 Å². The van der Waals surface area contributed by atoms with Gasteiger partial charge in [-0.25, -0.2) is 0 Å². The largest absolute Gasteiger partial charge is 0.324 e. The Morgan fingerprint density at radius 1 is 1.44 bits per heavy atom. The highest BCUT2D eigenvalue weighted by Crippen LogP contribution is 2.47. The predicted octanol–water partition coefficient (Wildman–Crippen LogP) is 1.22. The summed E-state index contributed by atoms with van der Waals surface area (Å²) >= 11 is 0. The van der Waals surface area contributed by atoms with E-state index in [9.17, 15) is 4.79 Å². The van der Waals surface area contributed by atoms with Gasteiger partial charge in [-0.3, -0.25) is 9.78 Å². The van der Waals surface area contributed by atoms with E-state index < -0.39 is 0 Å². The van der Waals surface area contributed by atoms with Gasteiger partial charge < -0.3 is 5.32 Å². The Labute approximate surface area is 95.9 Å². The first-order valence-corrected chi connectivity index (χ1v) is 5.88. The maximum absolute atomic E-state index is 12.1. The van der Waals surface area contributed by atoms with Crippen molar-refractivity contribution in [2.45, 2.75) is 37.9 Å². The van der Waals surface area contributed by atoms with E-state index in [0.717, 1.165) is 42.5 Å². The third-order valence-electron chi connectivity index (χ3n) is 3.84. The molecule has 0 atom stereocenters. The molecule has 2 heterocycles. The SMILES string of the molecule is C[B]c1cnc2c(c1)NC(=O)C21CCCC1. The van der Waals surface area contributed by atoms with E-state index >= 15 is 0 Å². The van der Waals surface area contributed by atoms with Gasteiger partial charge >= 0.3 is 0 Å². The van der Waals surface area contributed by atoms with Crippen molar-refractivity contribution >= 4 is 24.3 Å². The summed E-state index contributed by atoms with van der Waals surface area (Å²) in [6.07, 6.45) is 6.04. The summed E-state index contributed by atoms with van der Waals surface area (Å²) in [5.74, 6) is 0.153. The fourth-order valence-electron chi connectivity index (χ4n) is 2.91. The number of rotatable bonds is 1. The lowest BCUT2D eigenvalue weighted by atomic mass is 9.73. The third kappa shape index (κ3) is 1.16. The monoisotopic (exact) mass is 213 g/mol. The number of carbonyl (C=O) groups excluding carboxylic acids is 1. The number of nitrogens with zero attached hydrogens (tertiary/aromatic N) is 1. The van der Waals surface area contributed by atoms with E-state index in [-0.39, 0.29) is 11.3 Å². The van der Waals surface area contributed by atoms with E-state index in [2.05, 4.69) is 10.3 Å². The van der Waals surface area contributed by atoms with Crippen molar-refractivity contribution in [2.24, 2.45) is 0 Å². The van der Waals surface area contributed by atoms with Crippen molar-refractivity contribution in [1.82, 2.24) is 4.98 Å². The molecule has 2 aliphatic rings. The highest BCUT2D eigenvalue weighted by Gasteiger charge is 2.49. The minimum absolute atomic E-state index is 0.153. The first-order valence-electron chi connectivity index (χ1n) is 5.88. The standard InChI is InChI=1S/C12H14BN2O/c1-13-8-6-9-10(14-7-8)12(11(16)15-9)4-2-3-5-12/h6-7H,2-5H2,1H3,(H,15,16). The number of carbonyl (C=O) groups is 1. The van der Waals surface area contributed by atoms with Gasteiger partial charge in [-0.1, -0.05) is 25.1 Å². The normalized spacial score (nSPS) is 20.9. The van der Waals surface area contributed by atoms with Gasteiger partial charge in [0.1, 0.15) is 7.28 Å². The number of hydrogen-bond donors (Lipinski definition) is 1. The van der Waals surface area contributed by atoms with Crippen molar-refractivity contribution in [3.05, 3.63) is 18.0 Å². The summed E-state index contributed by atoms with van der Waals surface area (Å²) in [6.45, 7) is 1.98. The molecule has 0 aromatic carbocycles. The molecule has 3 rings (SSSR count). The van der Waals surface area contributed by atoms with Crippen LogP contribution in [0.5, 0.6) is 0 Å². The fourth-order valence-corrected chi connectivity index (χ4v) is 2.91. The van der Waals surface area contributed by atoms with Crippen LogP contribution in [0, 0.1) is 0 Å². The number of fused-ring (bicyclic) bond motifs is 2. The molecule has 1 aliphatic carbocycles. The van der Waals surface area contributed by atoms with Crippen LogP contribution in [0.1, 0.15) is 31.4 Å². The molecule has 1 radical (unpaired) electrons. The minimum Gasteiger partial charge on any atom is -0.324 e. The Morgan fingerprint density at radius 2 is 2.19 bits per heavy atom. The third-order valence-corrected chi connectivity index (χ3v) is 3.84. The zero-order chi connectivity index (χ0) is 11.2. The predicted molar refractivity (Wildman–Crippen MR) is 64.3 cm³/mol. The Morgan fingerprint density at radius 3 is 2.88 bits per heavy atom. The van der Waals surface area contributed by atoms with Crippen molar-refractivity contribution in [2.75, 3.05) is 5.32 Å². The lowest BCUT2D eigenvalue weighted by molar-refractivity contribution is -0.120. The molecule has 81 valence electrons. The summed E-state index contributed by atoms with van der Waals surface area (Å²) in [5, 5.41) is 2.98. The Kier molecular flexibility index (Phi) is 2.06. The summed E-state index contributed by atoms with van der Waals surface area (Å²) in [5.41, 5.74) is 2.65. The van der Waals surface area contributed by atoms with E-state index in [1.54, 1.807) is 0 Å². The maximum Gasteiger partial charge on any atom is 0.236 e. The molecule has 4 heteroatoms. The van der Waals surface area contributed by atoms with Crippen LogP contribution in [0.4, 0.5) is 5.69 Å². The molecule has 1 aromatic heterocycles. The number of aromatic nitrogens is 1. The van der Waals surface area contributed by atoms with Crippen LogP contribution in [-0.2, 0) is 10.2 Å². The van der Waals surface area contributed by atoms with E-state index in [1.165, 1.54) is 0 Å². The molecule has 0 unspecified atom stereocenters. The van der Waals surface area contributed by atoms with Gasteiger partial charge in [0.2, 0.25) is 5.91 Å². The lowest BCUT2D eigenvalue weighted by Crippen LogP contribution is -2.31. The van der Waals surface area contributed by atoms with Crippen molar-refractivity contribution in [3.63, 3.8) is 0 Å². The number of pyridine rings is 1. The number of hydrogen-bond acceptors (Lipinski definition) is 2. The fraction of sp³-hybridized carbons (Fsp3) is 0.500. The average Bonchev–Trinajstić information content (AvgIpc) is 2.88. The quantitative estimate of drug-likeness (QED) is 0.712. The smallest absolute Gasteiger partial charge is 0.236 e. The molecule has 16 heavy (non-hydrogen) atoms. The van der Waals surface area contributed by atoms with Gasteiger partial charge in [0, 0.05) is 6.20 Å². The van der Waals surface area contributed by atoms with E-state index in [4.69, 9.17) is 0 Å². The molecule has 1 spiro atoms. The molecular weight excluding hydrogens is 199 g/mol. The molecule has 1 aromatic rings. The van der Waals surface area contributed by atoms with Crippen molar-refractivity contribution in [1.29, 1.82) is 0 Å². The van der Waals surface area contributed by atoms with Crippen LogP contribution in [0.15, 0.2) is 12.3 Å². The first-order chi connectivity index (χ1) is 7.76. The molecule has 1 N–H and O–H groups in total. The topological polar surface area (TPSA) is 42.0 Å². The highest BCUT2D eigenvalue weighted by molar-refractivity contribution is 6.52. The van der Waals surface area contributed by atoms with Gasteiger partial charge in [-0.15, -0.1) is 0 Å². The van der Waals surface area contributed by atoms with Gasteiger partial charge in [0.05, 0.1) is 16.8 Å². The molecule has 3 nitrogen and oxygen atoms in total. The molecule has 0 bridgehead atoms. The second-order valence-electron chi connectivity index (χ2n) is 4.70. The summed E-state index contributed by atoms with van der Waals surface area (Å²) < 4.78 is 0.